The molecule has 1 atom stereocenters. The second-order valence-electron chi connectivity index (χ2n) is 5.82. The molecule has 9 heteroatoms. The largest absolute Gasteiger partial charge is 1.00 e. The number of aliphatic carboxylic acids is 1. The fourth-order valence-corrected chi connectivity index (χ4v) is 2.93. The van der Waals surface area contributed by atoms with Gasteiger partial charge in [0, 0.05) is 5.56 Å². The van der Waals surface area contributed by atoms with E-state index in [1.807, 2.05) is 6.92 Å². The van der Waals surface area contributed by atoms with E-state index in [4.69, 9.17) is 21.1 Å². The zero-order valence-electron chi connectivity index (χ0n) is 15.0. The van der Waals surface area contributed by atoms with E-state index >= 15 is 0 Å². The van der Waals surface area contributed by atoms with E-state index in [0.29, 0.717) is 6.42 Å². The van der Waals surface area contributed by atoms with Gasteiger partial charge in [-0.25, -0.2) is 0 Å². The third-order valence-corrected chi connectivity index (χ3v) is 4.37. The first kappa shape index (κ1) is 22.6. The van der Waals surface area contributed by atoms with Gasteiger partial charge in [0.15, 0.2) is 0 Å². The Labute approximate surface area is 186 Å². The fraction of sp³-hybridized carbons (Fsp3) is 0.211. The zero-order chi connectivity index (χ0) is 19.8. The molecule has 3 rings (SSSR count). The summed E-state index contributed by atoms with van der Waals surface area (Å²) in [6, 6.07) is 9.91. The summed E-state index contributed by atoms with van der Waals surface area (Å²) in [6.45, 7) is 1.85. The number of halogens is 4. The van der Waals surface area contributed by atoms with Crippen LogP contribution < -0.4 is 44.1 Å². The molecule has 0 saturated carbocycles. The summed E-state index contributed by atoms with van der Waals surface area (Å²) < 4.78 is 52.3. The predicted octanol–water partition coefficient (Wildman–Crippen LogP) is 0.770. The van der Waals surface area contributed by atoms with Gasteiger partial charge in [-0.05, 0) is 36.3 Å². The number of fused-ring (bicyclic) bond motifs is 1. The van der Waals surface area contributed by atoms with E-state index in [-0.39, 0.29) is 51.6 Å². The van der Waals surface area contributed by atoms with Gasteiger partial charge in [-0.15, -0.1) is 0 Å². The van der Waals surface area contributed by atoms with Crippen molar-refractivity contribution < 1.29 is 62.1 Å². The number of carboxylic acid groups (broad SMARTS) is 1. The van der Waals surface area contributed by atoms with Crippen LogP contribution in [-0.2, 0) is 11.2 Å². The number of rotatable bonds is 4. The SMILES string of the molecule is CCc1ccc(OC2(C(F)(F)F)Oc3ccccc3C=C2C(=O)[O-])c(Cl)c1.[Na+]. The molecular formula is C19H13ClF3NaO4. The van der Waals surface area contributed by atoms with Crippen LogP contribution >= 0.6 is 11.6 Å². The van der Waals surface area contributed by atoms with E-state index in [2.05, 4.69) is 0 Å². The molecular weight excluding hydrogens is 408 g/mol. The minimum atomic E-state index is -5.24. The van der Waals surface area contributed by atoms with Gasteiger partial charge in [0.2, 0.25) is 0 Å². The molecule has 4 nitrogen and oxygen atoms in total. The van der Waals surface area contributed by atoms with Crippen molar-refractivity contribution >= 4 is 23.6 Å². The number of benzene rings is 2. The van der Waals surface area contributed by atoms with Crippen molar-refractivity contribution in [3.8, 4) is 11.5 Å². The molecule has 0 aromatic heterocycles. The third-order valence-electron chi connectivity index (χ3n) is 4.08. The Bertz CT molecular complexity index is 930. The first-order valence-electron chi connectivity index (χ1n) is 7.93. The van der Waals surface area contributed by atoms with Gasteiger partial charge < -0.3 is 19.4 Å². The van der Waals surface area contributed by atoms with Gasteiger partial charge in [0.1, 0.15) is 11.5 Å². The van der Waals surface area contributed by atoms with Gasteiger partial charge in [-0.3, -0.25) is 0 Å². The van der Waals surface area contributed by atoms with E-state index < -0.39 is 23.5 Å². The third kappa shape index (κ3) is 4.03. The number of ether oxygens (including phenoxy) is 2. The van der Waals surface area contributed by atoms with Crippen LogP contribution in [0.25, 0.3) is 6.08 Å². The minimum absolute atomic E-state index is 0. The maximum atomic E-state index is 14.0. The number of aryl methyl sites for hydroxylation is 1. The number of alkyl halides is 3. The molecule has 28 heavy (non-hydrogen) atoms. The Morgan fingerprint density at radius 3 is 2.50 bits per heavy atom. The first-order chi connectivity index (χ1) is 12.7. The number of hydrogen-bond acceptors (Lipinski definition) is 4. The van der Waals surface area contributed by atoms with Crippen LogP contribution in [0.15, 0.2) is 48.0 Å². The predicted molar refractivity (Wildman–Crippen MR) is 90.3 cm³/mol. The average molecular weight is 421 g/mol. The molecule has 1 aliphatic heterocycles. The van der Waals surface area contributed by atoms with Crippen LogP contribution in [0.2, 0.25) is 5.02 Å². The van der Waals surface area contributed by atoms with Crippen molar-refractivity contribution in [3.05, 3.63) is 64.2 Å². The van der Waals surface area contributed by atoms with Crippen molar-refractivity contribution in [2.24, 2.45) is 0 Å². The Morgan fingerprint density at radius 1 is 1.25 bits per heavy atom. The molecule has 2 aromatic carbocycles. The van der Waals surface area contributed by atoms with Gasteiger partial charge in [0.25, 0.3) is 0 Å². The van der Waals surface area contributed by atoms with E-state index in [9.17, 15) is 23.1 Å². The molecule has 1 aliphatic rings. The molecule has 0 aliphatic carbocycles. The molecule has 0 bridgehead atoms. The summed E-state index contributed by atoms with van der Waals surface area (Å²) in [5.74, 6) is -6.21. The Hall–Kier alpha value is -1.67. The first-order valence-corrected chi connectivity index (χ1v) is 8.31. The van der Waals surface area contributed by atoms with Crippen molar-refractivity contribution in [3.63, 3.8) is 0 Å². The van der Waals surface area contributed by atoms with Crippen molar-refractivity contribution in [1.82, 2.24) is 0 Å². The van der Waals surface area contributed by atoms with Crippen LogP contribution in [0, 0.1) is 0 Å². The maximum absolute atomic E-state index is 14.0. The maximum Gasteiger partial charge on any atom is 1.00 e. The van der Waals surface area contributed by atoms with Gasteiger partial charge in [-0.1, -0.05) is 42.8 Å². The molecule has 0 N–H and O–H groups in total. The van der Waals surface area contributed by atoms with Crippen LogP contribution in [0.5, 0.6) is 11.5 Å². The smallest absolute Gasteiger partial charge is 0.545 e. The number of carbonyl (C=O) groups excluding carboxylic acids is 1. The van der Waals surface area contributed by atoms with Crippen LogP contribution in [0.4, 0.5) is 13.2 Å². The van der Waals surface area contributed by atoms with Crippen LogP contribution in [-0.4, -0.2) is 17.9 Å². The monoisotopic (exact) mass is 420 g/mol. The van der Waals surface area contributed by atoms with Crippen molar-refractivity contribution in [2.75, 3.05) is 0 Å². The van der Waals surface area contributed by atoms with E-state index in [1.165, 1.54) is 42.5 Å². The topological polar surface area (TPSA) is 58.6 Å². The molecule has 0 fully saturated rings. The zero-order valence-corrected chi connectivity index (χ0v) is 17.7. The normalized spacial score (nSPS) is 18.2. The second-order valence-corrected chi connectivity index (χ2v) is 6.23. The summed E-state index contributed by atoms with van der Waals surface area (Å²) in [4.78, 5) is 11.5. The van der Waals surface area contributed by atoms with Gasteiger partial charge >= 0.3 is 41.5 Å². The summed E-state index contributed by atoms with van der Waals surface area (Å²) in [5.41, 5.74) is -0.268. The summed E-state index contributed by atoms with van der Waals surface area (Å²) in [6.07, 6.45) is -3.80. The fourth-order valence-electron chi connectivity index (χ4n) is 2.69. The standard InChI is InChI=1S/C19H14ClF3O4.Na/c1-2-11-7-8-16(14(20)9-11)27-18(19(21,22)23)13(17(24)25)10-12-5-3-4-6-15(12)26-18;/h3-10H,2H2,1H3,(H,24,25);/q;+1/p-1. The van der Waals surface area contributed by atoms with E-state index in [0.717, 1.165) is 11.6 Å². The van der Waals surface area contributed by atoms with Crippen molar-refractivity contribution in [1.29, 1.82) is 0 Å². The molecule has 142 valence electrons. The second kappa shape index (κ2) is 8.37. The molecule has 1 unspecified atom stereocenters. The number of hydrogen-bond donors (Lipinski definition) is 0. The molecule has 2 aromatic rings. The average Bonchev–Trinajstić information content (AvgIpc) is 2.61. The quantitative estimate of drug-likeness (QED) is 0.686. The Balaban J connectivity index is 0.00000280. The van der Waals surface area contributed by atoms with Crippen molar-refractivity contribution in [2.45, 2.75) is 25.3 Å². The van der Waals surface area contributed by atoms with Gasteiger partial charge in [0.05, 0.1) is 16.6 Å². The summed E-state index contributed by atoms with van der Waals surface area (Å²) in [7, 11) is 0. The number of carbonyl (C=O) groups is 1. The Morgan fingerprint density at radius 2 is 1.93 bits per heavy atom. The summed E-state index contributed by atoms with van der Waals surface area (Å²) >= 11 is 6.04. The van der Waals surface area contributed by atoms with E-state index in [1.54, 1.807) is 0 Å². The summed E-state index contributed by atoms with van der Waals surface area (Å²) in [5, 5.41) is 11.4. The molecule has 0 radical (unpaired) electrons. The molecule has 0 amide bonds. The van der Waals surface area contributed by atoms with Gasteiger partial charge in [-0.2, -0.15) is 13.2 Å². The minimum Gasteiger partial charge on any atom is -0.545 e. The molecule has 0 spiro atoms. The number of para-hydroxylation sites is 1. The van der Waals surface area contributed by atoms with Crippen LogP contribution in [0.1, 0.15) is 18.1 Å². The number of carboxylic acids is 1. The molecule has 1 heterocycles. The Kier molecular flexibility index (Phi) is 6.76. The molecule has 0 saturated heterocycles. The van der Waals surface area contributed by atoms with Crippen LogP contribution in [0.3, 0.4) is 0 Å².